The van der Waals surface area contributed by atoms with Crippen LogP contribution in [0.5, 0.6) is 0 Å². The SMILES string of the molecule is CC(=O)c1c(C)[nH]c(C(=O)NCCSc2ccccc2)c1C. The van der Waals surface area contributed by atoms with Crippen molar-refractivity contribution in [2.45, 2.75) is 25.7 Å². The molecule has 5 heteroatoms. The van der Waals surface area contributed by atoms with Gasteiger partial charge in [0.15, 0.2) is 5.78 Å². The van der Waals surface area contributed by atoms with Gasteiger partial charge in [0.05, 0.1) is 0 Å². The summed E-state index contributed by atoms with van der Waals surface area (Å²) < 4.78 is 0. The Morgan fingerprint density at radius 2 is 1.86 bits per heavy atom. The Labute approximate surface area is 134 Å². The normalized spacial score (nSPS) is 10.5. The zero-order chi connectivity index (χ0) is 16.1. The molecule has 0 spiro atoms. The Hall–Kier alpha value is -2.01. The third-order valence-electron chi connectivity index (χ3n) is 3.42. The molecule has 2 N–H and O–H groups in total. The highest BCUT2D eigenvalue weighted by Crippen LogP contribution is 2.19. The van der Waals surface area contributed by atoms with Crippen LogP contribution < -0.4 is 5.32 Å². The first-order valence-corrected chi connectivity index (χ1v) is 8.15. The molecule has 0 unspecified atom stereocenters. The van der Waals surface area contributed by atoms with Crippen molar-refractivity contribution < 1.29 is 9.59 Å². The number of nitrogens with one attached hydrogen (secondary N) is 2. The molecule has 22 heavy (non-hydrogen) atoms. The molecule has 0 fully saturated rings. The minimum atomic E-state index is -0.165. The predicted octanol–water partition coefficient (Wildman–Crippen LogP) is 3.36. The molecule has 1 aromatic carbocycles. The number of H-pyrrole nitrogens is 1. The molecule has 0 saturated heterocycles. The molecule has 0 saturated carbocycles. The number of aromatic amines is 1. The smallest absolute Gasteiger partial charge is 0.268 e. The van der Waals surface area contributed by atoms with E-state index in [2.05, 4.69) is 10.3 Å². The second-order valence-electron chi connectivity index (χ2n) is 5.10. The molecule has 1 heterocycles. The number of hydrogen-bond acceptors (Lipinski definition) is 3. The van der Waals surface area contributed by atoms with Gasteiger partial charge in [-0.2, -0.15) is 0 Å². The summed E-state index contributed by atoms with van der Waals surface area (Å²) in [6, 6.07) is 10.1. The summed E-state index contributed by atoms with van der Waals surface area (Å²) >= 11 is 1.70. The number of Topliss-reactive ketones (excluding diaryl/α,β-unsaturated/α-hetero) is 1. The zero-order valence-corrected chi connectivity index (χ0v) is 13.8. The zero-order valence-electron chi connectivity index (χ0n) is 13.0. The lowest BCUT2D eigenvalue weighted by Gasteiger charge is -2.05. The highest BCUT2D eigenvalue weighted by atomic mass is 32.2. The van der Waals surface area contributed by atoms with E-state index in [1.54, 1.807) is 18.7 Å². The van der Waals surface area contributed by atoms with E-state index in [0.29, 0.717) is 17.8 Å². The number of carbonyl (C=O) groups excluding carboxylic acids is 2. The van der Waals surface area contributed by atoms with Gasteiger partial charge in [-0.15, -0.1) is 11.8 Å². The van der Waals surface area contributed by atoms with E-state index in [0.717, 1.165) is 17.0 Å². The lowest BCUT2D eigenvalue weighted by Crippen LogP contribution is -2.26. The number of aryl methyl sites for hydroxylation is 1. The Balaban J connectivity index is 1.90. The van der Waals surface area contributed by atoms with Crippen LogP contribution in [-0.4, -0.2) is 29.0 Å². The van der Waals surface area contributed by atoms with E-state index in [4.69, 9.17) is 0 Å². The van der Waals surface area contributed by atoms with Gasteiger partial charge in [-0.3, -0.25) is 9.59 Å². The second-order valence-corrected chi connectivity index (χ2v) is 6.27. The third kappa shape index (κ3) is 3.80. The fourth-order valence-corrected chi connectivity index (χ4v) is 3.23. The van der Waals surface area contributed by atoms with Gasteiger partial charge in [0.1, 0.15) is 5.69 Å². The minimum Gasteiger partial charge on any atom is -0.354 e. The van der Waals surface area contributed by atoms with Gasteiger partial charge in [0.2, 0.25) is 0 Å². The monoisotopic (exact) mass is 316 g/mol. The van der Waals surface area contributed by atoms with Crippen LogP contribution in [0.4, 0.5) is 0 Å². The topological polar surface area (TPSA) is 62.0 Å². The van der Waals surface area contributed by atoms with E-state index in [9.17, 15) is 9.59 Å². The third-order valence-corrected chi connectivity index (χ3v) is 4.43. The number of carbonyl (C=O) groups is 2. The highest BCUT2D eigenvalue weighted by Gasteiger charge is 2.19. The first-order valence-electron chi connectivity index (χ1n) is 7.17. The van der Waals surface area contributed by atoms with Crippen molar-refractivity contribution in [1.29, 1.82) is 0 Å². The second kappa shape index (κ2) is 7.31. The summed E-state index contributed by atoms with van der Waals surface area (Å²) in [5.74, 6) is 0.611. The summed E-state index contributed by atoms with van der Waals surface area (Å²) in [4.78, 5) is 28.0. The molecule has 0 aliphatic heterocycles. The van der Waals surface area contributed by atoms with E-state index < -0.39 is 0 Å². The number of hydrogen-bond donors (Lipinski definition) is 2. The molecule has 1 amide bonds. The van der Waals surface area contributed by atoms with E-state index in [-0.39, 0.29) is 11.7 Å². The van der Waals surface area contributed by atoms with Crippen LogP contribution in [0.1, 0.15) is 39.0 Å². The van der Waals surface area contributed by atoms with Crippen molar-refractivity contribution in [3.8, 4) is 0 Å². The molecule has 0 radical (unpaired) electrons. The van der Waals surface area contributed by atoms with Crippen LogP contribution in [-0.2, 0) is 0 Å². The van der Waals surface area contributed by atoms with Gasteiger partial charge >= 0.3 is 0 Å². The van der Waals surface area contributed by atoms with Crippen LogP contribution in [0.3, 0.4) is 0 Å². The Bertz CT molecular complexity index is 677. The van der Waals surface area contributed by atoms with E-state index >= 15 is 0 Å². The van der Waals surface area contributed by atoms with E-state index in [1.165, 1.54) is 11.8 Å². The average Bonchev–Trinajstić information content (AvgIpc) is 2.79. The fraction of sp³-hybridized carbons (Fsp3) is 0.294. The summed E-state index contributed by atoms with van der Waals surface area (Å²) in [6.07, 6.45) is 0. The molecular weight excluding hydrogens is 296 g/mol. The molecule has 0 atom stereocenters. The van der Waals surface area contributed by atoms with Crippen LogP contribution in [0.2, 0.25) is 0 Å². The molecule has 116 valence electrons. The number of aromatic nitrogens is 1. The summed E-state index contributed by atoms with van der Waals surface area (Å²) in [5.41, 5.74) is 2.56. The van der Waals surface area contributed by atoms with E-state index in [1.807, 2.05) is 37.3 Å². The fourth-order valence-electron chi connectivity index (χ4n) is 2.44. The largest absolute Gasteiger partial charge is 0.354 e. The maximum atomic E-state index is 12.2. The van der Waals surface area contributed by atoms with Crippen molar-refractivity contribution in [3.63, 3.8) is 0 Å². The molecule has 0 bridgehead atoms. The molecule has 2 aromatic rings. The lowest BCUT2D eigenvalue weighted by atomic mass is 10.1. The Morgan fingerprint density at radius 3 is 2.45 bits per heavy atom. The van der Waals surface area contributed by atoms with Gasteiger partial charge in [0, 0.05) is 28.5 Å². The number of amides is 1. The van der Waals surface area contributed by atoms with Gasteiger partial charge < -0.3 is 10.3 Å². The average molecular weight is 316 g/mol. The number of rotatable bonds is 6. The van der Waals surface area contributed by atoms with Crippen molar-refractivity contribution in [2.24, 2.45) is 0 Å². The Morgan fingerprint density at radius 1 is 1.18 bits per heavy atom. The van der Waals surface area contributed by atoms with Gasteiger partial charge in [-0.05, 0) is 38.5 Å². The Kier molecular flexibility index (Phi) is 5.44. The predicted molar refractivity (Wildman–Crippen MR) is 89.8 cm³/mol. The van der Waals surface area contributed by atoms with Crippen molar-refractivity contribution in [1.82, 2.24) is 10.3 Å². The maximum absolute atomic E-state index is 12.2. The first-order chi connectivity index (χ1) is 10.5. The summed E-state index contributed by atoms with van der Waals surface area (Å²) in [5, 5.41) is 2.89. The molecule has 0 aliphatic rings. The standard InChI is InChI=1S/C17H20N2O2S/c1-11-15(13(3)20)12(2)19-16(11)17(21)18-9-10-22-14-7-5-4-6-8-14/h4-8,19H,9-10H2,1-3H3,(H,18,21). The maximum Gasteiger partial charge on any atom is 0.268 e. The molecule has 0 aliphatic carbocycles. The number of benzene rings is 1. The highest BCUT2D eigenvalue weighted by molar-refractivity contribution is 7.99. The van der Waals surface area contributed by atoms with Crippen molar-refractivity contribution in [2.75, 3.05) is 12.3 Å². The van der Waals surface area contributed by atoms with Gasteiger partial charge in [-0.1, -0.05) is 18.2 Å². The molecule has 2 rings (SSSR count). The minimum absolute atomic E-state index is 0.0232. The molecular formula is C17H20N2O2S. The molecule has 1 aromatic heterocycles. The summed E-state index contributed by atoms with van der Waals surface area (Å²) in [6.45, 7) is 5.70. The van der Waals surface area contributed by atoms with Crippen molar-refractivity contribution >= 4 is 23.5 Å². The lowest BCUT2D eigenvalue weighted by molar-refractivity contribution is 0.0951. The molecule has 4 nitrogen and oxygen atoms in total. The quantitative estimate of drug-likeness (QED) is 0.488. The van der Waals surface area contributed by atoms with Crippen LogP contribution in [0.25, 0.3) is 0 Å². The van der Waals surface area contributed by atoms with Gasteiger partial charge in [0.25, 0.3) is 5.91 Å². The summed E-state index contributed by atoms with van der Waals surface area (Å²) in [7, 11) is 0. The van der Waals surface area contributed by atoms with Crippen LogP contribution in [0, 0.1) is 13.8 Å². The van der Waals surface area contributed by atoms with Gasteiger partial charge in [-0.25, -0.2) is 0 Å². The van der Waals surface area contributed by atoms with Crippen LogP contribution >= 0.6 is 11.8 Å². The number of thioether (sulfide) groups is 1. The number of ketones is 1. The van der Waals surface area contributed by atoms with Crippen molar-refractivity contribution in [3.05, 3.63) is 52.8 Å². The first kappa shape index (κ1) is 16.4. The van der Waals surface area contributed by atoms with Crippen LogP contribution in [0.15, 0.2) is 35.2 Å².